The van der Waals surface area contributed by atoms with Crippen molar-refractivity contribution in [3.63, 3.8) is 0 Å². The molecule has 27 heavy (non-hydrogen) atoms. The molecule has 0 aliphatic carbocycles. The number of hydrogen-bond acceptors (Lipinski definition) is 5. The van der Waals surface area contributed by atoms with E-state index in [1.807, 2.05) is 0 Å². The Hall–Kier alpha value is -3.11. The maximum Gasteiger partial charge on any atom is 0.433 e. The molecule has 0 spiro atoms. The minimum Gasteiger partial charge on any atom is -0.465 e. The fourth-order valence-electron chi connectivity index (χ4n) is 2.56. The lowest BCUT2D eigenvalue weighted by Gasteiger charge is -2.33. The number of nitrogens with one attached hydrogen (secondary N) is 1. The van der Waals surface area contributed by atoms with Crippen LogP contribution in [0, 0.1) is 5.82 Å². The summed E-state index contributed by atoms with van der Waals surface area (Å²) in [5.41, 5.74) is -0.761. The van der Waals surface area contributed by atoms with Gasteiger partial charge in [-0.25, -0.2) is 14.2 Å². The highest BCUT2D eigenvalue weighted by Gasteiger charge is 2.34. The van der Waals surface area contributed by atoms with E-state index in [9.17, 15) is 22.4 Å². The molecule has 1 aliphatic rings. The highest BCUT2D eigenvalue weighted by atomic mass is 19.4. The third-order valence-electron chi connectivity index (χ3n) is 3.95. The summed E-state index contributed by atoms with van der Waals surface area (Å²) in [6.45, 7) is 0.610. The van der Waals surface area contributed by atoms with Crippen molar-refractivity contribution >= 4 is 23.5 Å². The second kappa shape index (κ2) is 7.25. The molecule has 2 aromatic rings. The van der Waals surface area contributed by atoms with E-state index in [-0.39, 0.29) is 37.9 Å². The van der Waals surface area contributed by atoms with E-state index < -0.39 is 23.8 Å². The highest BCUT2D eigenvalue weighted by Crippen LogP contribution is 2.31. The molecule has 3 rings (SSSR count). The fourth-order valence-corrected chi connectivity index (χ4v) is 2.56. The number of nitrogens with zero attached hydrogens (tertiary/aromatic N) is 4. The summed E-state index contributed by atoms with van der Waals surface area (Å²) in [5.74, 6) is -0.727. The fraction of sp³-hybridized carbons (Fsp3) is 0.312. The van der Waals surface area contributed by atoms with E-state index in [0.29, 0.717) is 5.69 Å². The number of carbonyl (C=O) groups is 1. The maximum atomic E-state index is 13.2. The van der Waals surface area contributed by atoms with Crippen molar-refractivity contribution in [2.75, 3.05) is 36.4 Å². The molecule has 1 saturated heterocycles. The van der Waals surface area contributed by atoms with Gasteiger partial charge in [0.15, 0.2) is 5.69 Å². The van der Waals surface area contributed by atoms with E-state index in [1.54, 1.807) is 0 Å². The Morgan fingerprint density at radius 3 is 2.26 bits per heavy atom. The molecule has 7 nitrogen and oxygen atoms in total. The summed E-state index contributed by atoms with van der Waals surface area (Å²) in [6, 6.07) is 5.84. The Balaban J connectivity index is 1.87. The topological polar surface area (TPSA) is 81.6 Å². The van der Waals surface area contributed by atoms with Crippen LogP contribution in [0.4, 0.5) is 39.8 Å². The van der Waals surface area contributed by atoms with Crippen LogP contribution in [0.2, 0.25) is 0 Å². The number of piperazine rings is 1. The van der Waals surface area contributed by atoms with Crippen molar-refractivity contribution in [3.8, 4) is 0 Å². The zero-order valence-electron chi connectivity index (χ0n) is 13.9. The molecule has 0 unspecified atom stereocenters. The van der Waals surface area contributed by atoms with Gasteiger partial charge in [0.25, 0.3) is 0 Å². The van der Waals surface area contributed by atoms with E-state index in [4.69, 9.17) is 5.11 Å². The summed E-state index contributed by atoms with van der Waals surface area (Å²) in [4.78, 5) is 21.3. The second-order valence-electron chi connectivity index (χ2n) is 5.82. The Labute approximate surface area is 151 Å². The molecule has 144 valence electrons. The van der Waals surface area contributed by atoms with Crippen LogP contribution in [0.3, 0.4) is 0 Å². The van der Waals surface area contributed by atoms with Gasteiger partial charge in [-0.2, -0.15) is 18.2 Å². The van der Waals surface area contributed by atoms with Crippen LogP contribution in [0.25, 0.3) is 0 Å². The van der Waals surface area contributed by atoms with Gasteiger partial charge < -0.3 is 20.2 Å². The smallest absolute Gasteiger partial charge is 0.433 e. The number of halogens is 4. The molecule has 0 radical (unpaired) electrons. The molecule has 2 N–H and O–H groups in total. The van der Waals surface area contributed by atoms with Crippen LogP contribution in [-0.4, -0.2) is 52.2 Å². The van der Waals surface area contributed by atoms with Crippen molar-refractivity contribution in [2.24, 2.45) is 0 Å². The van der Waals surface area contributed by atoms with Crippen LogP contribution in [0.5, 0.6) is 0 Å². The van der Waals surface area contributed by atoms with Gasteiger partial charge in [-0.1, -0.05) is 0 Å². The van der Waals surface area contributed by atoms with Gasteiger partial charge in [0, 0.05) is 37.9 Å². The van der Waals surface area contributed by atoms with E-state index in [1.165, 1.54) is 34.1 Å². The monoisotopic (exact) mass is 385 g/mol. The van der Waals surface area contributed by atoms with Crippen LogP contribution >= 0.6 is 0 Å². The molecule has 1 aromatic heterocycles. The quantitative estimate of drug-likeness (QED) is 0.790. The molecule has 11 heteroatoms. The predicted molar refractivity (Wildman–Crippen MR) is 88.5 cm³/mol. The minimum absolute atomic E-state index is 0.0976. The summed E-state index contributed by atoms with van der Waals surface area (Å²) in [7, 11) is 0. The molecular weight excluding hydrogens is 370 g/mol. The predicted octanol–water partition coefficient (Wildman–Crippen LogP) is 3.18. The van der Waals surface area contributed by atoms with E-state index in [0.717, 1.165) is 6.07 Å². The lowest BCUT2D eigenvalue weighted by atomic mass is 10.3. The molecule has 0 saturated carbocycles. The maximum absolute atomic E-state index is 13.2. The Morgan fingerprint density at radius 2 is 1.70 bits per heavy atom. The van der Waals surface area contributed by atoms with E-state index in [2.05, 4.69) is 15.3 Å². The van der Waals surface area contributed by atoms with Gasteiger partial charge in [0.2, 0.25) is 5.95 Å². The lowest BCUT2D eigenvalue weighted by molar-refractivity contribution is -0.141. The zero-order valence-corrected chi connectivity index (χ0v) is 13.9. The van der Waals surface area contributed by atoms with Crippen LogP contribution in [0.1, 0.15) is 5.69 Å². The standard InChI is InChI=1S/C16H15F4N5O2/c17-10-1-3-11(4-2-10)21-13-9-12(16(18,19)20)22-14(23-13)24-5-7-25(8-6-24)15(26)27/h1-4,9H,5-8H2,(H,26,27)(H,21,22,23). The molecule has 1 aliphatic heterocycles. The van der Waals surface area contributed by atoms with Gasteiger partial charge in [0.1, 0.15) is 11.6 Å². The van der Waals surface area contributed by atoms with Crippen molar-refractivity contribution in [3.05, 3.63) is 41.8 Å². The molecule has 1 fully saturated rings. The average Bonchev–Trinajstić information content (AvgIpc) is 2.63. The first-order valence-electron chi connectivity index (χ1n) is 7.94. The second-order valence-corrected chi connectivity index (χ2v) is 5.82. The minimum atomic E-state index is -4.68. The molecule has 0 bridgehead atoms. The zero-order chi connectivity index (χ0) is 19.6. The Kier molecular flexibility index (Phi) is 5.02. The lowest BCUT2D eigenvalue weighted by Crippen LogP contribution is -2.49. The number of amides is 1. The normalized spacial score (nSPS) is 15.0. The van der Waals surface area contributed by atoms with Gasteiger partial charge >= 0.3 is 12.3 Å². The van der Waals surface area contributed by atoms with Crippen molar-refractivity contribution < 1.29 is 27.5 Å². The molecule has 1 aromatic carbocycles. The number of rotatable bonds is 3. The molecule has 2 heterocycles. The number of aromatic nitrogens is 2. The number of benzene rings is 1. The third kappa shape index (κ3) is 4.54. The Morgan fingerprint density at radius 1 is 1.07 bits per heavy atom. The molecule has 0 atom stereocenters. The van der Waals surface area contributed by atoms with Crippen molar-refractivity contribution in [1.29, 1.82) is 0 Å². The van der Waals surface area contributed by atoms with Gasteiger partial charge in [-0.3, -0.25) is 0 Å². The van der Waals surface area contributed by atoms with Gasteiger partial charge in [0.05, 0.1) is 0 Å². The number of alkyl halides is 3. The van der Waals surface area contributed by atoms with Gasteiger partial charge in [-0.15, -0.1) is 0 Å². The van der Waals surface area contributed by atoms with E-state index >= 15 is 0 Å². The first-order chi connectivity index (χ1) is 12.7. The summed E-state index contributed by atoms with van der Waals surface area (Å²) in [6.07, 6.45) is -5.77. The highest BCUT2D eigenvalue weighted by molar-refractivity contribution is 5.65. The van der Waals surface area contributed by atoms with Crippen LogP contribution in [-0.2, 0) is 6.18 Å². The summed E-state index contributed by atoms with van der Waals surface area (Å²) >= 11 is 0. The number of hydrogen-bond donors (Lipinski definition) is 2. The third-order valence-corrected chi connectivity index (χ3v) is 3.95. The number of carboxylic acid groups (broad SMARTS) is 1. The first kappa shape index (κ1) is 18.7. The summed E-state index contributed by atoms with van der Waals surface area (Å²) in [5, 5.41) is 11.7. The SMILES string of the molecule is O=C(O)N1CCN(c2nc(Nc3ccc(F)cc3)cc(C(F)(F)F)n2)CC1. The average molecular weight is 385 g/mol. The van der Waals surface area contributed by atoms with Crippen molar-refractivity contribution in [2.45, 2.75) is 6.18 Å². The van der Waals surface area contributed by atoms with Crippen molar-refractivity contribution in [1.82, 2.24) is 14.9 Å². The summed E-state index contributed by atoms with van der Waals surface area (Å²) < 4.78 is 52.6. The van der Waals surface area contributed by atoms with Crippen LogP contribution in [0.15, 0.2) is 30.3 Å². The Bertz CT molecular complexity index is 821. The largest absolute Gasteiger partial charge is 0.465 e. The number of anilines is 3. The first-order valence-corrected chi connectivity index (χ1v) is 7.94. The molecular formula is C16H15F4N5O2. The van der Waals surface area contributed by atoms with Gasteiger partial charge in [-0.05, 0) is 24.3 Å². The van der Waals surface area contributed by atoms with Crippen LogP contribution < -0.4 is 10.2 Å². The molecule has 1 amide bonds.